The van der Waals surface area contributed by atoms with Crippen LogP contribution in [-0.4, -0.2) is 33.5 Å². The average molecular weight is 338 g/mol. The van der Waals surface area contributed by atoms with Crippen LogP contribution in [0.25, 0.3) is 10.8 Å². The van der Waals surface area contributed by atoms with Crippen LogP contribution in [0.5, 0.6) is 0 Å². The van der Waals surface area contributed by atoms with Gasteiger partial charge >= 0.3 is 0 Å². The van der Waals surface area contributed by atoms with Crippen LogP contribution in [0.3, 0.4) is 0 Å². The second kappa shape index (κ2) is 8.25. The zero-order valence-electron chi connectivity index (χ0n) is 11.7. The van der Waals surface area contributed by atoms with Gasteiger partial charge in [-0.05, 0) is 41.5 Å². The summed E-state index contributed by atoms with van der Waals surface area (Å²) >= 11 is 3.49. The zero-order valence-corrected chi connectivity index (χ0v) is 13.3. The number of anilines is 1. The van der Waals surface area contributed by atoms with Crippen LogP contribution in [0.4, 0.5) is 5.69 Å². The lowest BCUT2D eigenvalue weighted by atomic mass is 10.1. The number of hydrogen-bond acceptors (Lipinski definition) is 3. The maximum Gasteiger partial charge on any atom is 0.0639 e. The Hall–Kier alpha value is -1.10. The predicted octanol–water partition coefficient (Wildman–Crippen LogP) is 4.07. The highest BCUT2D eigenvalue weighted by molar-refractivity contribution is 9.10. The number of rotatable bonds is 8. The summed E-state index contributed by atoms with van der Waals surface area (Å²) in [6.45, 7) is 3.03. The van der Waals surface area contributed by atoms with E-state index in [1.165, 1.54) is 10.8 Å². The molecule has 0 heterocycles. The van der Waals surface area contributed by atoms with E-state index in [2.05, 4.69) is 57.6 Å². The van der Waals surface area contributed by atoms with E-state index in [1.807, 2.05) is 0 Å². The fourth-order valence-corrected chi connectivity index (χ4v) is 2.38. The highest BCUT2D eigenvalue weighted by Gasteiger charge is 1.97. The molecule has 0 saturated heterocycles. The lowest BCUT2D eigenvalue weighted by Crippen LogP contribution is -2.10. The molecule has 2 aromatic rings. The van der Waals surface area contributed by atoms with Crippen molar-refractivity contribution in [2.75, 3.05) is 38.8 Å². The molecule has 108 valence electrons. The minimum atomic E-state index is 0.710. The average Bonchev–Trinajstić information content (AvgIpc) is 2.46. The molecule has 1 N–H and O–H groups in total. The quantitative estimate of drug-likeness (QED) is 0.736. The lowest BCUT2D eigenvalue weighted by molar-refractivity contribution is 0.109. The molecule has 20 heavy (non-hydrogen) atoms. The number of nitrogens with one attached hydrogen (secondary N) is 1. The maximum absolute atomic E-state index is 5.51. The first-order chi connectivity index (χ1) is 9.79. The minimum absolute atomic E-state index is 0.710. The molecule has 0 bridgehead atoms. The number of hydrogen-bond donors (Lipinski definition) is 1. The molecule has 0 saturated carbocycles. The standard InChI is InChI=1S/C16H20BrNO2/c1-19-8-2-9-20-10-7-18-16-6-4-13-11-15(17)5-3-14(13)12-16/h3-6,11-12,18H,2,7-10H2,1H3. The normalized spacial score (nSPS) is 10.9. The van der Waals surface area contributed by atoms with Gasteiger partial charge in [-0.25, -0.2) is 0 Å². The first kappa shape index (κ1) is 15.3. The van der Waals surface area contributed by atoms with Gasteiger partial charge in [0.25, 0.3) is 0 Å². The Bertz CT molecular complexity index is 545. The van der Waals surface area contributed by atoms with Gasteiger partial charge in [0.05, 0.1) is 6.61 Å². The van der Waals surface area contributed by atoms with Crippen LogP contribution in [0.2, 0.25) is 0 Å². The number of fused-ring (bicyclic) bond motifs is 1. The molecule has 0 fully saturated rings. The van der Waals surface area contributed by atoms with Gasteiger partial charge in [-0.1, -0.05) is 28.1 Å². The molecule has 0 unspecified atom stereocenters. The van der Waals surface area contributed by atoms with Crippen molar-refractivity contribution in [2.24, 2.45) is 0 Å². The van der Waals surface area contributed by atoms with E-state index >= 15 is 0 Å². The molecule has 2 rings (SSSR count). The maximum atomic E-state index is 5.51. The van der Waals surface area contributed by atoms with Crippen molar-refractivity contribution in [3.05, 3.63) is 40.9 Å². The van der Waals surface area contributed by atoms with E-state index in [-0.39, 0.29) is 0 Å². The molecule has 0 atom stereocenters. The summed E-state index contributed by atoms with van der Waals surface area (Å²) in [6.07, 6.45) is 0.946. The largest absolute Gasteiger partial charge is 0.385 e. The summed E-state index contributed by atoms with van der Waals surface area (Å²) in [4.78, 5) is 0. The van der Waals surface area contributed by atoms with E-state index in [0.29, 0.717) is 6.61 Å². The van der Waals surface area contributed by atoms with Crippen LogP contribution < -0.4 is 5.32 Å². The third-order valence-electron chi connectivity index (χ3n) is 3.01. The number of ether oxygens (including phenoxy) is 2. The van der Waals surface area contributed by atoms with Crippen molar-refractivity contribution < 1.29 is 9.47 Å². The third kappa shape index (κ3) is 4.78. The fraction of sp³-hybridized carbons (Fsp3) is 0.375. The van der Waals surface area contributed by atoms with Crippen LogP contribution in [0.15, 0.2) is 40.9 Å². The first-order valence-corrected chi connectivity index (χ1v) is 7.59. The Morgan fingerprint density at radius 1 is 1.00 bits per heavy atom. The molecule has 4 heteroatoms. The third-order valence-corrected chi connectivity index (χ3v) is 3.51. The molecular weight excluding hydrogens is 318 g/mol. The van der Waals surface area contributed by atoms with Crippen molar-refractivity contribution in [2.45, 2.75) is 6.42 Å². The van der Waals surface area contributed by atoms with Crippen molar-refractivity contribution in [1.82, 2.24) is 0 Å². The van der Waals surface area contributed by atoms with Crippen LogP contribution in [0.1, 0.15) is 6.42 Å². The highest BCUT2D eigenvalue weighted by atomic mass is 79.9. The Balaban J connectivity index is 1.77. The molecular formula is C16H20BrNO2. The summed E-state index contributed by atoms with van der Waals surface area (Å²) in [5.74, 6) is 0. The Morgan fingerprint density at radius 3 is 2.65 bits per heavy atom. The molecule has 0 radical (unpaired) electrons. The van der Waals surface area contributed by atoms with Gasteiger partial charge in [-0.3, -0.25) is 0 Å². The van der Waals surface area contributed by atoms with Crippen LogP contribution in [0, 0.1) is 0 Å². The fourth-order valence-electron chi connectivity index (χ4n) is 2.00. The first-order valence-electron chi connectivity index (χ1n) is 6.79. The Kier molecular flexibility index (Phi) is 6.30. The Morgan fingerprint density at radius 2 is 1.80 bits per heavy atom. The summed E-state index contributed by atoms with van der Waals surface area (Å²) in [5, 5.41) is 5.85. The van der Waals surface area contributed by atoms with Crippen molar-refractivity contribution in [3.8, 4) is 0 Å². The topological polar surface area (TPSA) is 30.5 Å². The van der Waals surface area contributed by atoms with E-state index in [0.717, 1.165) is 36.3 Å². The second-order valence-electron chi connectivity index (χ2n) is 4.59. The highest BCUT2D eigenvalue weighted by Crippen LogP contribution is 2.22. The molecule has 0 amide bonds. The van der Waals surface area contributed by atoms with E-state index in [9.17, 15) is 0 Å². The van der Waals surface area contributed by atoms with Crippen LogP contribution in [-0.2, 0) is 9.47 Å². The predicted molar refractivity (Wildman–Crippen MR) is 87.4 cm³/mol. The number of halogens is 1. The summed E-state index contributed by atoms with van der Waals surface area (Å²) in [5.41, 5.74) is 1.13. The monoisotopic (exact) mass is 337 g/mol. The summed E-state index contributed by atoms with van der Waals surface area (Å²) in [6, 6.07) is 12.7. The summed E-state index contributed by atoms with van der Waals surface area (Å²) < 4.78 is 11.6. The lowest BCUT2D eigenvalue weighted by Gasteiger charge is -2.08. The molecule has 0 spiro atoms. The Labute approximate surface area is 128 Å². The van der Waals surface area contributed by atoms with E-state index in [1.54, 1.807) is 7.11 Å². The van der Waals surface area contributed by atoms with Gasteiger partial charge in [0.2, 0.25) is 0 Å². The van der Waals surface area contributed by atoms with Gasteiger partial charge in [0, 0.05) is 37.0 Å². The van der Waals surface area contributed by atoms with Gasteiger partial charge in [-0.2, -0.15) is 0 Å². The summed E-state index contributed by atoms with van der Waals surface area (Å²) in [7, 11) is 1.71. The molecule has 0 aliphatic carbocycles. The molecule has 3 nitrogen and oxygen atoms in total. The van der Waals surface area contributed by atoms with Gasteiger partial charge in [-0.15, -0.1) is 0 Å². The van der Waals surface area contributed by atoms with Gasteiger partial charge in [0.1, 0.15) is 0 Å². The van der Waals surface area contributed by atoms with Crippen molar-refractivity contribution in [1.29, 1.82) is 0 Å². The van der Waals surface area contributed by atoms with E-state index in [4.69, 9.17) is 9.47 Å². The molecule has 0 aliphatic rings. The molecule has 2 aromatic carbocycles. The van der Waals surface area contributed by atoms with Crippen molar-refractivity contribution in [3.63, 3.8) is 0 Å². The van der Waals surface area contributed by atoms with Crippen molar-refractivity contribution >= 4 is 32.4 Å². The van der Waals surface area contributed by atoms with Gasteiger partial charge in [0.15, 0.2) is 0 Å². The number of benzene rings is 2. The SMILES string of the molecule is COCCCOCCNc1ccc2cc(Br)ccc2c1. The van der Waals surface area contributed by atoms with E-state index < -0.39 is 0 Å². The second-order valence-corrected chi connectivity index (χ2v) is 5.51. The molecule has 0 aromatic heterocycles. The minimum Gasteiger partial charge on any atom is -0.385 e. The smallest absolute Gasteiger partial charge is 0.0639 e. The molecule has 0 aliphatic heterocycles. The van der Waals surface area contributed by atoms with Gasteiger partial charge < -0.3 is 14.8 Å². The zero-order chi connectivity index (χ0) is 14.2. The number of methoxy groups -OCH3 is 1. The van der Waals surface area contributed by atoms with Crippen LogP contribution >= 0.6 is 15.9 Å².